The Bertz CT molecular complexity index is 1140. The maximum Gasteiger partial charge on any atom is 0.272 e. The number of anilines is 1. The van der Waals surface area contributed by atoms with Gasteiger partial charge >= 0.3 is 0 Å². The van der Waals surface area contributed by atoms with Crippen molar-refractivity contribution in [3.63, 3.8) is 0 Å². The van der Waals surface area contributed by atoms with Gasteiger partial charge in [-0.15, -0.1) is 11.3 Å². The first-order chi connectivity index (χ1) is 14.3. The SMILES string of the molecule is CCn1c(SCC(=O)NCC(=O)Nc2c(C)cc(C)cc2C)nc2ccsc2c1=O. The van der Waals surface area contributed by atoms with E-state index >= 15 is 0 Å². The molecule has 0 unspecified atom stereocenters. The maximum atomic E-state index is 12.5. The van der Waals surface area contributed by atoms with Crippen LogP contribution >= 0.6 is 23.1 Å². The van der Waals surface area contributed by atoms with Gasteiger partial charge in [-0.05, 0) is 50.3 Å². The van der Waals surface area contributed by atoms with E-state index in [1.165, 1.54) is 23.1 Å². The normalized spacial score (nSPS) is 10.9. The fourth-order valence-electron chi connectivity index (χ4n) is 3.23. The third-order valence-corrected chi connectivity index (χ3v) is 6.44. The minimum atomic E-state index is -0.296. The molecule has 0 saturated heterocycles. The van der Waals surface area contributed by atoms with Crippen molar-refractivity contribution >= 4 is 50.8 Å². The van der Waals surface area contributed by atoms with Gasteiger partial charge in [0.2, 0.25) is 11.8 Å². The van der Waals surface area contributed by atoms with Gasteiger partial charge in [0.25, 0.3) is 5.56 Å². The summed E-state index contributed by atoms with van der Waals surface area (Å²) in [5.74, 6) is -0.515. The third-order valence-electron chi connectivity index (χ3n) is 4.57. The molecule has 0 aliphatic heterocycles. The number of benzene rings is 1. The van der Waals surface area contributed by atoms with Crippen LogP contribution in [0.15, 0.2) is 33.5 Å². The molecule has 0 saturated carbocycles. The molecule has 158 valence electrons. The summed E-state index contributed by atoms with van der Waals surface area (Å²) in [5.41, 5.74) is 4.41. The second-order valence-electron chi connectivity index (χ2n) is 6.97. The summed E-state index contributed by atoms with van der Waals surface area (Å²) >= 11 is 2.55. The van der Waals surface area contributed by atoms with Gasteiger partial charge in [0.15, 0.2) is 5.16 Å². The lowest BCUT2D eigenvalue weighted by Crippen LogP contribution is -2.34. The van der Waals surface area contributed by atoms with E-state index in [1.807, 2.05) is 45.2 Å². The molecule has 0 spiro atoms. The third kappa shape index (κ3) is 4.91. The molecule has 0 atom stereocenters. The fourth-order valence-corrected chi connectivity index (χ4v) is 4.90. The molecule has 0 radical (unpaired) electrons. The van der Waals surface area contributed by atoms with E-state index in [1.54, 1.807) is 10.6 Å². The number of carbonyl (C=O) groups is 2. The van der Waals surface area contributed by atoms with Gasteiger partial charge in [-0.25, -0.2) is 4.98 Å². The van der Waals surface area contributed by atoms with E-state index in [2.05, 4.69) is 15.6 Å². The van der Waals surface area contributed by atoms with Gasteiger partial charge in [0, 0.05) is 12.2 Å². The van der Waals surface area contributed by atoms with Crippen molar-refractivity contribution in [1.82, 2.24) is 14.9 Å². The first-order valence-electron chi connectivity index (χ1n) is 9.55. The standard InChI is InChI=1S/C21H24N4O3S2/c1-5-25-20(28)19-15(6-7-29-19)23-21(25)30-11-17(27)22-10-16(26)24-18-13(3)8-12(2)9-14(18)4/h6-9H,5,10-11H2,1-4H3,(H,22,27)(H,24,26). The molecule has 2 aromatic heterocycles. The predicted molar refractivity (Wildman–Crippen MR) is 123 cm³/mol. The van der Waals surface area contributed by atoms with Crippen molar-refractivity contribution in [2.24, 2.45) is 0 Å². The summed E-state index contributed by atoms with van der Waals surface area (Å²) in [6, 6.07) is 5.80. The first-order valence-corrected chi connectivity index (χ1v) is 11.4. The summed E-state index contributed by atoms with van der Waals surface area (Å²) in [6.07, 6.45) is 0. The van der Waals surface area contributed by atoms with Crippen LogP contribution < -0.4 is 16.2 Å². The van der Waals surface area contributed by atoms with E-state index in [9.17, 15) is 14.4 Å². The molecule has 9 heteroatoms. The number of aryl methyl sites for hydroxylation is 3. The number of thiophene rings is 1. The van der Waals surface area contributed by atoms with Gasteiger partial charge in [0.1, 0.15) is 4.70 Å². The summed E-state index contributed by atoms with van der Waals surface area (Å²) in [5, 5.41) is 7.81. The van der Waals surface area contributed by atoms with Crippen molar-refractivity contribution in [2.75, 3.05) is 17.6 Å². The lowest BCUT2D eigenvalue weighted by Gasteiger charge is -2.13. The molecule has 3 rings (SSSR count). The van der Waals surface area contributed by atoms with Crippen LogP contribution in [-0.2, 0) is 16.1 Å². The van der Waals surface area contributed by atoms with Gasteiger partial charge in [-0.3, -0.25) is 19.0 Å². The minimum absolute atomic E-state index is 0.0674. The second kappa shape index (κ2) is 9.44. The summed E-state index contributed by atoms with van der Waals surface area (Å²) < 4.78 is 2.18. The largest absolute Gasteiger partial charge is 0.346 e. The van der Waals surface area contributed by atoms with Gasteiger partial charge in [0.05, 0.1) is 17.8 Å². The number of fused-ring (bicyclic) bond motifs is 1. The van der Waals surface area contributed by atoms with Gasteiger partial charge < -0.3 is 10.6 Å². The van der Waals surface area contributed by atoms with E-state index in [4.69, 9.17) is 0 Å². The van der Waals surface area contributed by atoms with Crippen molar-refractivity contribution < 1.29 is 9.59 Å². The highest BCUT2D eigenvalue weighted by molar-refractivity contribution is 7.99. The summed E-state index contributed by atoms with van der Waals surface area (Å²) in [7, 11) is 0. The number of hydrogen-bond donors (Lipinski definition) is 2. The Labute approximate surface area is 182 Å². The van der Waals surface area contributed by atoms with Crippen molar-refractivity contribution in [3.8, 4) is 0 Å². The van der Waals surface area contributed by atoms with E-state index in [0.29, 0.717) is 21.9 Å². The van der Waals surface area contributed by atoms with Crippen molar-refractivity contribution in [2.45, 2.75) is 39.4 Å². The molecule has 2 heterocycles. The zero-order valence-corrected chi connectivity index (χ0v) is 19.0. The molecule has 3 aromatic rings. The number of thioether (sulfide) groups is 1. The highest BCUT2D eigenvalue weighted by Gasteiger charge is 2.14. The topological polar surface area (TPSA) is 93.1 Å². The summed E-state index contributed by atoms with van der Waals surface area (Å²) in [6.45, 7) is 8.11. The van der Waals surface area contributed by atoms with Crippen LogP contribution in [0.1, 0.15) is 23.6 Å². The lowest BCUT2D eigenvalue weighted by molar-refractivity contribution is -0.122. The zero-order chi connectivity index (χ0) is 21.8. The predicted octanol–water partition coefficient (Wildman–Crippen LogP) is 3.25. The molecule has 1 aromatic carbocycles. The highest BCUT2D eigenvalue weighted by atomic mass is 32.2. The Morgan fingerprint density at radius 2 is 1.87 bits per heavy atom. The Kier molecular flexibility index (Phi) is 6.94. The number of hydrogen-bond acceptors (Lipinski definition) is 6. The van der Waals surface area contributed by atoms with Crippen LogP contribution in [0.2, 0.25) is 0 Å². The molecule has 30 heavy (non-hydrogen) atoms. The van der Waals surface area contributed by atoms with E-state index in [-0.39, 0.29) is 29.7 Å². The molecule has 0 aliphatic carbocycles. The van der Waals surface area contributed by atoms with Crippen molar-refractivity contribution in [3.05, 3.63) is 50.6 Å². The van der Waals surface area contributed by atoms with Crippen LogP contribution in [-0.4, -0.2) is 33.7 Å². The molecule has 0 fully saturated rings. The highest BCUT2D eigenvalue weighted by Crippen LogP contribution is 2.22. The van der Waals surface area contributed by atoms with Crippen LogP contribution in [0, 0.1) is 20.8 Å². The number of aromatic nitrogens is 2. The van der Waals surface area contributed by atoms with Crippen LogP contribution in [0.3, 0.4) is 0 Å². The average molecular weight is 445 g/mol. The summed E-state index contributed by atoms with van der Waals surface area (Å²) in [4.78, 5) is 41.5. The van der Waals surface area contributed by atoms with Crippen LogP contribution in [0.4, 0.5) is 5.69 Å². The number of carbonyl (C=O) groups excluding carboxylic acids is 2. The van der Waals surface area contributed by atoms with Crippen LogP contribution in [0.5, 0.6) is 0 Å². The van der Waals surface area contributed by atoms with E-state index in [0.717, 1.165) is 22.4 Å². The molecule has 2 N–H and O–H groups in total. The monoisotopic (exact) mass is 444 g/mol. The fraction of sp³-hybridized carbons (Fsp3) is 0.333. The molecule has 0 bridgehead atoms. The number of amides is 2. The Hall–Kier alpha value is -2.65. The van der Waals surface area contributed by atoms with Crippen molar-refractivity contribution in [1.29, 1.82) is 0 Å². The average Bonchev–Trinajstić information content (AvgIpc) is 3.16. The Balaban J connectivity index is 1.57. The molecule has 0 aliphatic rings. The van der Waals surface area contributed by atoms with E-state index < -0.39 is 0 Å². The lowest BCUT2D eigenvalue weighted by atomic mass is 10.1. The van der Waals surface area contributed by atoms with Gasteiger partial charge in [-0.1, -0.05) is 29.5 Å². The number of nitrogens with one attached hydrogen (secondary N) is 2. The molecule has 2 amide bonds. The quantitative estimate of drug-likeness (QED) is 0.431. The maximum absolute atomic E-state index is 12.5. The molecular formula is C21H24N4O3S2. The Morgan fingerprint density at radius 1 is 1.17 bits per heavy atom. The number of rotatable bonds is 7. The number of nitrogens with zero attached hydrogens (tertiary/aromatic N) is 2. The first kappa shape index (κ1) is 22.0. The minimum Gasteiger partial charge on any atom is -0.346 e. The van der Waals surface area contributed by atoms with Gasteiger partial charge in [-0.2, -0.15) is 0 Å². The molecule has 7 nitrogen and oxygen atoms in total. The smallest absolute Gasteiger partial charge is 0.272 e. The second-order valence-corrected chi connectivity index (χ2v) is 8.82. The van der Waals surface area contributed by atoms with Crippen LogP contribution in [0.25, 0.3) is 10.2 Å². The zero-order valence-electron chi connectivity index (χ0n) is 17.4. The molecular weight excluding hydrogens is 420 g/mol. The Morgan fingerprint density at radius 3 is 2.53 bits per heavy atom.